The van der Waals surface area contributed by atoms with E-state index in [2.05, 4.69) is 34.2 Å². The molecule has 0 unspecified atom stereocenters. The predicted molar refractivity (Wildman–Crippen MR) is 110 cm³/mol. The first-order chi connectivity index (χ1) is 13.2. The van der Waals surface area contributed by atoms with Gasteiger partial charge in [-0.1, -0.05) is 72.4 Å². The lowest BCUT2D eigenvalue weighted by molar-refractivity contribution is 0.938. The molecule has 0 aliphatic carbocycles. The number of hydrogen-bond acceptors (Lipinski definition) is 4. The van der Waals surface area contributed by atoms with E-state index in [-0.39, 0.29) is 5.56 Å². The van der Waals surface area contributed by atoms with Gasteiger partial charge >= 0.3 is 0 Å². The number of hydrogen-bond donors (Lipinski definition) is 1. The summed E-state index contributed by atoms with van der Waals surface area (Å²) in [6.45, 7) is 0. The molecule has 1 aromatic heterocycles. The third-order valence-corrected chi connectivity index (χ3v) is 5.02. The number of H-pyrrole nitrogens is 1. The molecule has 0 amide bonds. The number of nitrogens with one attached hydrogen (secondary N) is 1. The molecule has 0 spiro atoms. The normalized spacial score (nSPS) is 10.7. The maximum Gasteiger partial charge on any atom is 0.270 e. The van der Waals surface area contributed by atoms with Crippen LogP contribution in [0.1, 0.15) is 5.56 Å². The zero-order valence-electron chi connectivity index (χ0n) is 14.6. The number of rotatable bonds is 3. The van der Waals surface area contributed by atoms with E-state index < -0.39 is 5.56 Å². The molecule has 1 heterocycles. The van der Waals surface area contributed by atoms with E-state index in [1.165, 1.54) is 11.8 Å². The van der Waals surface area contributed by atoms with Gasteiger partial charge in [0.05, 0.1) is 5.69 Å². The first kappa shape index (κ1) is 17.1. The van der Waals surface area contributed by atoms with Gasteiger partial charge in [-0.25, -0.2) is 4.98 Å². The van der Waals surface area contributed by atoms with Crippen molar-refractivity contribution in [2.24, 2.45) is 0 Å². The van der Waals surface area contributed by atoms with E-state index in [4.69, 9.17) is 0 Å². The fourth-order valence-corrected chi connectivity index (χ4v) is 3.55. The van der Waals surface area contributed by atoms with Crippen LogP contribution in [-0.2, 0) is 0 Å². The topological polar surface area (TPSA) is 69.5 Å². The number of thioether (sulfide) groups is 1. The second-order valence-corrected chi connectivity index (χ2v) is 6.81. The highest BCUT2D eigenvalue weighted by atomic mass is 32.2. The molecule has 4 rings (SSSR count). The molecule has 1 N–H and O–H groups in total. The summed E-state index contributed by atoms with van der Waals surface area (Å²) >= 11 is 1.34. The number of nitrogens with zero attached hydrogens (tertiary/aromatic N) is 2. The Morgan fingerprint density at radius 3 is 2.56 bits per heavy atom. The highest BCUT2D eigenvalue weighted by molar-refractivity contribution is 7.98. The van der Waals surface area contributed by atoms with Crippen molar-refractivity contribution in [1.29, 1.82) is 5.26 Å². The van der Waals surface area contributed by atoms with Crippen LogP contribution < -0.4 is 5.56 Å². The van der Waals surface area contributed by atoms with Crippen LogP contribution in [0.15, 0.2) is 76.7 Å². The van der Waals surface area contributed by atoms with Crippen LogP contribution in [0.25, 0.3) is 33.2 Å². The van der Waals surface area contributed by atoms with Gasteiger partial charge in [0.25, 0.3) is 5.56 Å². The summed E-state index contributed by atoms with van der Waals surface area (Å²) in [5, 5.41) is 12.2. The fourth-order valence-electron chi connectivity index (χ4n) is 3.17. The molecule has 4 aromatic rings. The summed E-state index contributed by atoms with van der Waals surface area (Å²) in [5.41, 5.74) is 2.89. The lowest BCUT2D eigenvalue weighted by Crippen LogP contribution is -2.14. The Morgan fingerprint density at radius 2 is 1.74 bits per heavy atom. The van der Waals surface area contributed by atoms with Crippen LogP contribution in [0.2, 0.25) is 0 Å². The zero-order valence-corrected chi connectivity index (χ0v) is 15.4. The maximum absolute atomic E-state index is 12.2. The summed E-state index contributed by atoms with van der Waals surface area (Å²) in [5.74, 6) is 0. The number of nitriles is 1. The fraction of sp³-hybridized carbons (Fsp3) is 0.0455. The van der Waals surface area contributed by atoms with Gasteiger partial charge in [-0.3, -0.25) is 4.79 Å². The van der Waals surface area contributed by atoms with Gasteiger partial charge in [0.1, 0.15) is 11.6 Å². The minimum atomic E-state index is -0.414. The van der Waals surface area contributed by atoms with Crippen LogP contribution >= 0.6 is 11.8 Å². The maximum atomic E-state index is 12.2. The van der Waals surface area contributed by atoms with E-state index in [1.54, 1.807) is 0 Å². The highest BCUT2D eigenvalue weighted by Crippen LogP contribution is 2.31. The second-order valence-electron chi connectivity index (χ2n) is 6.02. The van der Waals surface area contributed by atoms with Crippen LogP contribution in [0.3, 0.4) is 0 Å². The minimum absolute atomic E-state index is 0.0304. The molecule has 0 bridgehead atoms. The first-order valence-corrected chi connectivity index (χ1v) is 9.60. The standard InChI is InChI=1S/C22H15N3OS/c1-27-22-24-20(19(13-23)21(26)25-22)16-9-4-8-15(12-16)18-11-5-7-14-6-2-3-10-17(14)18/h2-12H,1H3,(H,24,25,26). The Bertz CT molecular complexity index is 1250. The van der Waals surface area contributed by atoms with Gasteiger partial charge in [-0.15, -0.1) is 0 Å². The quantitative estimate of drug-likeness (QED) is 0.414. The Morgan fingerprint density at radius 1 is 1.00 bits per heavy atom. The van der Waals surface area contributed by atoms with Gasteiger partial charge in [0.2, 0.25) is 0 Å². The second kappa shape index (κ2) is 7.10. The van der Waals surface area contributed by atoms with E-state index in [9.17, 15) is 10.1 Å². The summed E-state index contributed by atoms with van der Waals surface area (Å²) in [4.78, 5) is 19.3. The van der Waals surface area contributed by atoms with E-state index >= 15 is 0 Å². The number of benzene rings is 3. The molecular formula is C22H15N3OS. The SMILES string of the molecule is CSc1nc(-c2cccc(-c3cccc4ccccc34)c2)c(C#N)c(=O)[nH]1. The monoisotopic (exact) mass is 369 g/mol. The molecule has 0 fully saturated rings. The van der Waals surface area contributed by atoms with Crippen molar-refractivity contribution in [3.8, 4) is 28.5 Å². The Labute approximate surface area is 160 Å². The third kappa shape index (κ3) is 3.12. The first-order valence-electron chi connectivity index (χ1n) is 8.38. The summed E-state index contributed by atoms with van der Waals surface area (Å²) in [6, 6.07) is 24.2. The lowest BCUT2D eigenvalue weighted by Gasteiger charge is -2.10. The molecule has 0 atom stereocenters. The molecule has 4 nitrogen and oxygen atoms in total. The molecule has 5 heteroatoms. The smallest absolute Gasteiger partial charge is 0.270 e. The molecule has 130 valence electrons. The number of fused-ring (bicyclic) bond motifs is 1. The van der Waals surface area contributed by atoms with Crippen molar-refractivity contribution in [3.05, 3.63) is 82.6 Å². The minimum Gasteiger partial charge on any atom is -0.300 e. The van der Waals surface area contributed by atoms with Gasteiger partial charge in [0.15, 0.2) is 5.16 Å². The van der Waals surface area contributed by atoms with Crippen LogP contribution in [0.4, 0.5) is 0 Å². The van der Waals surface area contributed by atoms with Crippen molar-refractivity contribution >= 4 is 22.5 Å². The average Bonchev–Trinajstić information content (AvgIpc) is 2.72. The van der Waals surface area contributed by atoms with Gasteiger partial charge in [0, 0.05) is 5.56 Å². The summed E-state index contributed by atoms with van der Waals surface area (Å²) < 4.78 is 0. The molecule has 27 heavy (non-hydrogen) atoms. The van der Waals surface area contributed by atoms with Crippen molar-refractivity contribution in [1.82, 2.24) is 9.97 Å². The molecule has 0 saturated heterocycles. The lowest BCUT2D eigenvalue weighted by atomic mass is 9.96. The van der Waals surface area contributed by atoms with Crippen LogP contribution in [0, 0.1) is 11.3 Å². The molecule has 0 saturated carbocycles. The number of aromatic nitrogens is 2. The van der Waals surface area contributed by atoms with Crippen LogP contribution in [-0.4, -0.2) is 16.2 Å². The van der Waals surface area contributed by atoms with Gasteiger partial charge < -0.3 is 4.98 Å². The Hall–Kier alpha value is -3.36. The van der Waals surface area contributed by atoms with Crippen molar-refractivity contribution in [3.63, 3.8) is 0 Å². The Balaban J connectivity index is 1.93. The van der Waals surface area contributed by atoms with Gasteiger partial charge in [-0.05, 0) is 34.2 Å². The summed E-state index contributed by atoms with van der Waals surface area (Å²) in [7, 11) is 0. The molecule has 3 aromatic carbocycles. The van der Waals surface area contributed by atoms with Crippen LogP contribution in [0.5, 0.6) is 0 Å². The molecule has 0 aliphatic heterocycles. The number of aromatic amines is 1. The molecule has 0 aliphatic rings. The Kier molecular flexibility index (Phi) is 4.49. The predicted octanol–water partition coefficient (Wildman–Crippen LogP) is 4.85. The summed E-state index contributed by atoms with van der Waals surface area (Å²) in [6.07, 6.45) is 1.83. The average molecular weight is 369 g/mol. The van der Waals surface area contributed by atoms with E-state index in [1.807, 2.05) is 54.8 Å². The van der Waals surface area contributed by atoms with E-state index in [0.29, 0.717) is 10.9 Å². The largest absolute Gasteiger partial charge is 0.300 e. The molecule has 0 radical (unpaired) electrons. The van der Waals surface area contributed by atoms with E-state index in [0.717, 1.165) is 27.5 Å². The van der Waals surface area contributed by atoms with Crippen molar-refractivity contribution in [2.45, 2.75) is 5.16 Å². The molecular weight excluding hydrogens is 354 g/mol. The highest BCUT2D eigenvalue weighted by Gasteiger charge is 2.14. The van der Waals surface area contributed by atoms with Gasteiger partial charge in [-0.2, -0.15) is 5.26 Å². The zero-order chi connectivity index (χ0) is 18.8. The third-order valence-electron chi connectivity index (χ3n) is 4.44. The van der Waals surface area contributed by atoms with Crippen molar-refractivity contribution in [2.75, 3.05) is 6.26 Å². The van der Waals surface area contributed by atoms with Crippen molar-refractivity contribution < 1.29 is 0 Å².